The van der Waals surface area contributed by atoms with E-state index in [1.165, 1.54) is 24.3 Å². The standard InChI is InChI=1S/C21H25F6NO4/c1-14(21(25,26)27)32-16-4-2-15(3-5-16)28-11-10-18(17(28)29)6-8-19(30,9-7-18)12-31-13-20(22,23)24/h2-5,14,30H,6-13H2,1H3/t14-,18-,19+/m0/s1. The summed E-state index contributed by atoms with van der Waals surface area (Å²) in [5, 5.41) is 10.5. The molecular formula is C21H25F6NO4. The van der Waals surface area contributed by atoms with Crippen LogP contribution in [0, 0.1) is 5.41 Å². The van der Waals surface area contributed by atoms with Gasteiger partial charge >= 0.3 is 12.4 Å². The Labute approximate surface area is 181 Å². The minimum Gasteiger partial charge on any atom is -0.481 e. The highest BCUT2D eigenvalue weighted by molar-refractivity contribution is 6.00. The zero-order valence-electron chi connectivity index (χ0n) is 17.4. The normalized spacial score (nSPS) is 27.8. The molecule has 0 aromatic heterocycles. The number of ether oxygens (including phenoxy) is 2. The number of aliphatic hydroxyl groups is 1. The van der Waals surface area contributed by atoms with Crippen LogP contribution in [0.15, 0.2) is 24.3 Å². The number of carbonyl (C=O) groups excluding carboxylic acids is 1. The van der Waals surface area contributed by atoms with Crippen LogP contribution >= 0.6 is 0 Å². The Hall–Kier alpha value is -2.01. The van der Waals surface area contributed by atoms with Crippen molar-refractivity contribution in [2.24, 2.45) is 5.41 Å². The Morgan fingerprint density at radius 2 is 1.62 bits per heavy atom. The predicted octanol–water partition coefficient (Wildman–Crippen LogP) is 4.62. The van der Waals surface area contributed by atoms with Gasteiger partial charge in [-0.15, -0.1) is 0 Å². The number of amides is 1. The zero-order valence-corrected chi connectivity index (χ0v) is 17.4. The summed E-state index contributed by atoms with van der Waals surface area (Å²) in [6, 6.07) is 5.76. The SMILES string of the molecule is C[C@H](Oc1ccc(N2CC[C@]3(CC[C@@](O)(COCC(F)(F)F)CC3)C2=O)cc1)C(F)(F)F. The summed E-state index contributed by atoms with van der Waals surface area (Å²) in [7, 11) is 0. The maximum atomic E-state index is 13.1. The first-order valence-corrected chi connectivity index (χ1v) is 10.3. The molecule has 3 rings (SSSR count). The van der Waals surface area contributed by atoms with Gasteiger partial charge in [0.15, 0.2) is 6.10 Å². The van der Waals surface area contributed by atoms with Crippen molar-refractivity contribution in [3.63, 3.8) is 0 Å². The fraction of sp³-hybridized carbons (Fsp3) is 0.667. The van der Waals surface area contributed by atoms with Gasteiger partial charge < -0.3 is 19.5 Å². The fourth-order valence-electron chi connectivity index (χ4n) is 4.20. The summed E-state index contributed by atoms with van der Waals surface area (Å²) >= 11 is 0. The number of hydrogen-bond donors (Lipinski definition) is 1. The molecule has 1 N–H and O–H groups in total. The van der Waals surface area contributed by atoms with Crippen molar-refractivity contribution in [3.05, 3.63) is 24.3 Å². The number of anilines is 1. The van der Waals surface area contributed by atoms with Crippen molar-refractivity contribution in [2.75, 3.05) is 24.7 Å². The van der Waals surface area contributed by atoms with Crippen molar-refractivity contribution in [3.8, 4) is 5.75 Å². The Kier molecular flexibility index (Phi) is 6.72. The monoisotopic (exact) mass is 469 g/mol. The molecule has 1 heterocycles. The van der Waals surface area contributed by atoms with E-state index >= 15 is 0 Å². The highest BCUT2D eigenvalue weighted by Gasteiger charge is 2.51. The molecular weight excluding hydrogens is 444 g/mol. The van der Waals surface area contributed by atoms with E-state index in [1.54, 1.807) is 4.90 Å². The Morgan fingerprint density at radius 1 is 1.03 bits per heavy atom. The maximum absolute atomic E-state index is 13.1. The first kappa shape index (κ1) is 24.6. The van der Waals surface area contributed by atoms with Gasteiger partial charge in [-0.05, 0) is 63.3 Å². The average molecular weight is 469 g/mol. The van der Waals surface area contributed by atoms with Crippen molar-refractivity contribution >= 4 is 11.6 Å². The molecule has 1 atom stereocenters. The third-order valence-electron chi connectivity index (χ3n) is 6.21. The van der Waals surface area contributed by atoms with Gasteiger partial charge in [0.2, 0.25) is 5.91 Å². The van der Waals surface area contributed by atoms with Crippen LogP contribution in [0.5, 0.6) is 5.75 Å². The summed E-state index contributed by atoms with van der Waals surface area (Å²) in [6.45, 7) is -0.575. The molecule has 0 radical (unpaired) electrons. The lowest BCUT2D eigenvalue weighted by atomic mass is 9.68. The van der Waals surface area contributed by atoms with Gasteiger partial charge in [0.1, 0.15) is 12.4 Å². The molecule has 1 aliphatic carbocycles. The summed E-state index contributed by atoms with van der Waals surface area (Å²) < 4.78 is 84.2. The van der Waals surface area contributed by atoms with Gasteiger partial charge in [-0.25, -0.2) is 0 Å². The van der Waals surface area contributed by atoms with Crippen LogP contribution in [0.3, 0.4) is 0 Å². The molecule has 2 fully saturated rings. The van der Waals surface area contributed by atoms with Gasteiger partial charge in [0.05, 0.1) is 17.6 Å². The topological polar surface area (TPSA) is 59.0 Å². The van der Waals surface area contributed by atoms with Gasteiger partial charge in [-0.2, -0.15) is 26.3 Å². The molecule has 1 aromatic rings. The molecule has 1 aromatic carbocycles. The Bertz CT molecular complexity index is 800. The molecule has 0 bridgehead atoms. The van der Waals surface area contributed by atoms with Crippen molar-refractivity contribution in [1.29, 1.82) is 0 Å². The number of carbonyl (C=O) groups is 1. The van der Waals surface area contributed by atoms with Crippen molar-refractivity contribution in [1.82, 2.24) is 0 Å². The lowest BCUT2D eigenvalue weighted by molar-refractivity contribution is -0.191. The van der Waals surface area contributed by atoms with E-state index < -0.39 is 42.7 Å². The van der Waals surface area contributed by atoms with Crippen LogP contribution in [0.1, 0.15) is 39.0 Å². The smallest absolute Gasteiger partial charge is 0.425 e. The Balaban J connectivity index is 1.58. The second kappa shape index (κ2) is 8.74. The molecule has 2 aliphatic rings. The van der Waals surface area contributed by atoms with Crippen molar-refractivity contribution in [2.45, 2.75) is 63.1 Å². The molecule has 1 spiro atoms. The highest BCUT2D eigenvalue weighted by atomic mass is 19.4. The molecule has 11 heteroatoms. The van der Waals surface area contributed by atoms with Gasteiger partial charge in [-0.1, -0.05) is 0 Å². The molecule has 0 unspecified atom stereocenters. The maximum Gasteiger partial charge on any atom is 0.425 e. The molecule has 1 amide bonds. The Morgan fingerprint density at radius 3 is 2.16 bits per heavy atom. The minimum atomic E-state index is -4.49. The number of rotatable bonds is 6. The third-order valence-corrected chi connectivity index (χ3v) is 6.21. The molecule has 1 aliphatic heterocycles. The van der Waals surface area contributed by atoms with E-state index in [-0.39, 0.29) is 24.5 Å². The number of nitrogens with zero attached hydrogens (tertiary/aromatic N) is 1. The second-order valence-corrected chi connectivity index (χ2v) is 8.62. The second-order valence-electron chi connectivity index (χ2n) is 8.62. The summed E-state index contributed by atoms with van der Waals surface area (Å²) in [4.78, 5) is 14.7. The molecule has 1 saturated carbocycles. The summed E-state index contributed by atoms with van der Waals surface area (Å²) in [5.74, 6) is -0.130. The average Bonchev–Trinajstić information content (AvgIpc) is 3.00. The molecule has 1 saturated heterocycles. The van der Waals surface area contributed by atoms with E-state index in [9.17, 15) is 36.2 Å². The van der Waals surface area contributed by atoms with E-state index in [0.717, 1.165) is 6.92 Å². The predicted molar refractivity (Wildman–Crippen MR) is 102 cm³/mol. The number of alkyl halides is 6. The number of hydrogen-bond acceptors (Lipinski definition) is 4. The number of halogens is 6. The number of benzene rings is 1. The molecule has 5 nitrogen and oxygen atoms in total. The van der Waals surface area contributed by atoms with Gasteiger partial charge in [0, 0.05) is 12.2 Å². The first-order chi connectivity index (χ1) is 14.7. The lowest BCUT2D eigenvalue weighted by Crippen LogP contribution is -2.46. The minimum absolute atomic E-state index is 0.0292. The highest BCUT2D eigenvalue weighted by Crippen LogP contribution is 2.48. The van der Waals surface area contributed by atoms with Crippen LogP contribution < -0.4 is 9.64 Å². The first-order valence-electron chi connectivity index (χ1n) is 10.3. The van der Waals surface area contributed by atoms with E-state index in [0.29, 0.717) is 31.5 Å². The van der Waals surface area contributed by atoms with Gasteiger partial charge in [-0.3, -0.25) is 4.79 Å². The molecule has 32 heavy (non-hydrogen) atoms. The van der Waals surface area contributed by atoms with E-state index in [1.807, 2.05) is 0 Å². The summed E-state index contributed by atoms with van der Waals surface area (Å²) in [5.41, 5.74) is -1.59. The van der Waals surface area contributed by atoms with Gasteiger partial charge in [0.25, 0.3) is 0 Å². The lowest BCUT2D eigenvalue weighted by Gasteiger charge is -2.40. The fourth-order valence-corrected chi connectivity index (χ4v) is 4.20. The largest absolute Gasteiger partial charge is 0.481 e. The van der Waals surface area contributed by atoms with Crippen LogP contribution in [-0.2, 0) is 9.53 Å². The summed E-state index contributed by atoms with van der Waals surface area (Å²) in [6.07, 6.45) is -9.48. The van der Waals surface area contributed by atoms with Crippen LogP contribution in [0.4, 0.5) is 32.0 Å². The van der Waals surface area contributed by atoms with E-state index in [2.05, 4.69) is 4.74 Å². The van der Waals surface area contributed by atoms with Crippen molar-refractivity contribution < 1.29 is 45.7 Å². The molecule has 180 valence electrons. The third kappa shape index (κ3) is 5.67. The van der Waals surface area contributed by atoms with Crippen LogP contribution in [-0.4, -0.2) is 54.8 Å². The van der Waals surface area contributed by atoms with Crippen LogP contribution in [0.2, 0.25) is 0 Å². The quantitative estimate of drug-likeness (QED) is 0.618. The zero-order chi connectivity index (χ0) is 23.8. The van der Waals surface area contributed by atoms with Crippen LogP contribution in [0.25, 0.3) is 0 Å². The van der Waals surface area contributed by atoms with E-state index in [4.69, 9.17) is 4.74 Å².